The van der Waals surface area contributed by atoms with E-state index in [2.05, 4.69) is 11.8 Å². The number of hydrogen-bond acceptors (Lipinski definition) is 2. The number of rotatable bonds is 4. The second kappa shape index (κ2) is 4.64. The summed E-state index contributed by atoms with van der Waals surface area (Å²) in [6.45, 7) is 1.82. The first kappa shape index (κ1) is 10.6. The molecule has 1 unspecified atom stereocenters. The van der Waals surface area contributed by atoms with Gasteiger partial charge < -0.3 is 9.84 Å². The molecule has 0 spiro atoms. The van der Waals surface area contributed by atoms with E-state index in [1.54, 1.807) is 7.11 Å². The van der Waals surface area contributed by atoms with Gasteiger partial charge in [0, 0.05) is 13.5 Å². The molecule has 1 atom stereocenters. The molecule has 2 nitrogen and oxygen atoms in total. The van der Waals surface area contributed by atoms with Crippen molar-refractivity contribution >= 4 is 0 Å². The molecule has 1 fully saturated rings. The maximum Gasteiger partial charge on any atom is 0.0936 e. The summed E-state index contributed by atoms with van der Waals surface area (Å²) in [4.78, 5) is 0. The van der Waals surface area contributed by atoms with Crippen LogP contribution in [0.4, 0.5) is 0 Å². The molecule has 0 aromatic carbocycles. The molecule has 0 aromatic rings. The Balaban J connectivity index is 2.35. The average Bonchev–Trinajstić information content (AvgIpc) is 2.04. The predicted octanol–water partition coefficient (Wildman–Crippen LogP) is 1.72. The van der Waals surface area contributed by atoms with E-state index in [-0.39, 0.29) is 11.7 Å². The Morgan fingerprint density at radius 2 is 2.23 bits per heavy atom. The van der Waals surface area contributed by atoms with Gasteiger partial charge in [-0.05, 0) is 32.6 Å². The van der Waals surface area contributed by atoms with Crippen LogP contribution in [-0.4, -0.2) is 23.9 Å². The lowest BCUT2D eigenvalue weighted by atomic mass is 9.74. The first-order chi connectivity index (χ1) is 6.25. The third kappa shape index (κ3) is 2.24. The lowest BCUT2D eigenvalue weighted by Crippen LogP contribution is -2.49. The van der Waals surface area contributed by atoms with Crippen molar-refractivity contribution in [2.24, 2.45) is 0 Å². The van der Waals surface area contributed by atoms with Crippen molar-refractivity contribution < 1.29 is 9.84 Å². The smallest absolute Gasteiger partial charge is 0.0936 e. The molecular weight excluding hydrogens is 164 g/mol. The minimum absolute atomic E-state index is 0.241. The summed E-state index contributed by atoms with van der Waals surface area (Å²) in [5, 5.41) is 9.85. The van der Waals surface area contributed by atoms with E-state index in [1.807, 2.05) is 6.92 Å². The van der Waals surface area contributed by atoms with Gasteiger partial charge in [-0.2, -0.15) is 0 Å². The Hall–Kier alpha value is -0.520. The molecular formula is C11H18O2. The monoisotopic (exact) mass is 182 g/mol. The Bertz CT molecular complexity index is 202. The molecule has 0 heterocycles. The quantitative estimate of drug-likeness (QED) is 0.671. The van der Waals surface area contributed by atoms with Crippen LogP contribution >= 0.6 is 0 Å². The molecule has 0 aliphatic heterocycles. The lowest BCUT2D eigenvalue weighted by Gasteiger charge is -2.44. The van der Waals surface area contributed by atoms with Crippen molar-refractivity contribution in [3.8, 4) is 11.8 Å². The molecule has 0 aromatic heterocycles. The van der Waals surface area contributed by atoms with E-state index in [9.17, 15) is 5.11 Å². The SMILES string of the molecule is CC#CCCC(O)C1(OC)CCC1. The summed E-state index contributed by atoms with van der Waals surface area (Å²) >= 11 is 0. The van der Waals surface area contributed by atoms with Crippen LogP contribution in [-0.2, 0) is 4.74 Å². The third-order valence-corrected chi connectivity index (χ3v) is 2.93. The van der Waals surface area contributed by atoms with Gasteiger partial charge in [0.2, 0.25) is 0 Å². The number of ether oxygens (including phenoxy) is 1. The summed E-state index contributed by atoms with van der Waals surface area (Å²) in [6.07, 6.45) is 4.31. The first-order valence-electron chi connectivity index (χ1n) is 4.88. The molecule has 1 N–H and O–H groups in total. The van der Waals surface area contributed by atoms with E-state index in [4.69, 9.17) is 4.74 Å². The Labute approximate surface area is 80.3 Å². The van der Waals surface area contributed by atoms with Gasteiger partial charge >= 0.3 is 0 Å². The van der Waals surface area contributed by atoms with E-state index in [0.29, 0.717) is 0 Å². The van der Waals surface area contributed by atoms with Crippen LogP contribution in [0.5, 0.6) is 0 Å². The fourth-order valence-electron chi connectivity index (χ4n) is 1.80. The van der Waals surface area contributed by atoms with Gasteiger partial charge in [0.15, 0.2) is 0 Å². The maximum absolute atomic E-state index is 9.85. The van der Waals surface area contributed by atoms with Gasteiger partial charge in [0.1, 0.15) is 0 Å². The highest BCUT2D eigenvalue weighted by molar-refractivity contribution is 5.00. The van der Waals surface area contributed by atoms with Gasteiger partial charge in [0.05, 0.1) is 11.7 Å². The van der Waals surface area contributed by atoms with Crippen molar-refractivity contribution in [2.45, 2.75) is 50.7 Å². The van der Waals surface area contributed by atoms with Crippen molar-refractivity contribution in [1.82, 2.24) is 0 Å². The molecule has 1 rings (SSSR count). The summed E-state index contributed by atoms with van der Waals surface area (Å²) in [5.41, 5.74) is -0.241. The fourth-order valence-corrected chi connectivity index (χ4v) is 1.80. The van der Waals surface area contributed by atoms with Crippen molar-refractivity contribution in [1.29, 1.82) is 0 Å². The minimum Gasteiger partial charge on any atom is -0.390 e. The second-order valence-electron chi connectivity index (χ2n) is 3.60. The largest absolute Gasteiger partial charge is 0.390 e. The normalized spacial score (nSPS) is 21.2. The zero-order valence-electron chi connectivity index (χ0n) is 8.47. The lowest BCUT2D eigenvalue weighted by molar-refractivity contribution is -0.150. The number of aliphatic hydroxyl groups excluding tert-OH is 1. The molecule has 1 saturated carbocycles. The highest BCUT2D eigenvalue weighted by Crippen LogP contribution is 2.39. The molecule has 1 aliphatic carbocycles. The zero-order chi connectivity index (χ0) is 9.73. The van der Waals surface area contributed by atoms with E-state index < -0.39 is 0 Å². The third-order valence-electron chi connectivity index (χ3n) is 2.93. The standard InChI is InChI=1S/C11H18O2/c1-3-4-5-7-10(12)11(13-2)8-6-9-11/h10,12H,5-9H2,1-2H3. The fraction of sp³-hybridized carbons (Fsp3) is 0.818. The highest BCUT2D eigenvalue weighted by atomic mass is 16.5. The second-order valence-corrected chi connectivity index (χ2v) is 3.60. The van der Waals surface area contributed by atoms with Crippen LogP contribution < -0.4 is 0 Å². The van der Waals surface area contributed by atoms with Crippen LogP contribution in [0.2, 0.25) is 0 Å². The van der Waals surface area contributed by atoms with E-state index >= 15 is 0 Å². The summed E-state index contributed by atoms with van der Waals surface area (Å²) in [7, 11) is 1.69. The van der Waals surface area contributed by atoms with Crippen LogP contribution in [0.15, 0.2) is 0 Å². The number of aliphatic hydroxyl groups is 1. The summed E-state index contributed by atoms with van der Waals surface area (Å²) < 4.78 is 5.37. The molecule has 1 aliphatic rings. The first-order valence-corrected chi connectivity index (χ1v) is 4.88. The van der Waals surface area contributed by atoms with Crippen LogP contribution in [0.1, 0.15) is 39.0 Å². The zero-order valence-corrected chi connectivity index (χ0v) is 8.47. The topological polar surface area (TPSA) is 29.5 Å². The van der Waals surface area contributed by atoms with Crippen molar-refractivity contribution in [3.05, 3.63) is 0 Å². The van der Waals surface area contributed by atoms with Gasteiger partial charge in [0.25, 0.3) is 0 Å². The number of methoxy groups -OCH3 is 1. The van der Waals surface area contributed by atoms with Crippen LogP contribution in [0.3, 0.4) is 0 Å². The van der Waals surface area contributed by atoms with Crippen LogP contribution in [0, 0.1) is 11.8 Å². The molecule has 0 radical (unpaired) electrons. The van der Waals surface area contributed by atoms with Gasteiger partial charge in [-0.25, -0.2) is 0 Å². The Morgan fingerprint density at radius 3 is 2.62 bits per heavy atom. The Morgan fingerprint density at radius 1 is 1.54 bits per heavy atom. The molecule has 74 valence electrons. The van der Waals surface area contributed by atoms with Gasteiger partial charge in [-0.1, -0.05) is 0 Å². The molecule has 2 heteroatoms. The van der Waals surface area contributed by atoms with Crippen molar-refractivity contribution in [2.75, 3.05) is 7.11 Å². The highest BCUT2D eigenvalue weighted by Gasteiger charge is 2.43. The van der Waals surface area contributed by atoms with Gasteiger partial charge in [-0.3, -0.25) is 0 Å². The molecule has 0 saturated heterocycles. The van der Waals surface area contributed by atoms with E-state index in [0.717, 1.165) is 25.7 Å². The Kier molecular flexibility index (Phi) is 3.77. The van der Waals surface area contributed by atoms with Crippen molar-refractivity contribution in [3.63, 3.8) is 0 Å². The molecule has 0 bridgehead atoms. The van der Waals surface area contributed by atoms with Crippen LogP contribution in [0.25, 0.3) is 0 Å². The average molecular weight is 182 g/mol. The van der Waals surface area contributed by atoms with E-state index in [1.165, 1.54) is 6.42 Å². The van der Waals surface area contributed by atoms with Gasteiger partial charge in [-0.15, -0.1) is 11.8 Å². The maximum atomic E-state index is 9.85. The minimum atomic E-state index is -0.341. The summed E-state index contributed by atoms with van der Waals surface area (Å²) in [6, 6.07) is 0. The molecule has 0 amide bonds. The molecule has 13 heavy (non-hydrogen) atoms. The summed E-state index contributed by atoms with van der Waals surface area (Å²) in [5.74, 6) is 5.78. The number of hydrogen-bond donors (Lipinski definition) is 1. The predicted molar refractivity (Wildman–Crippen MR) is 52.3 cm³/mol.